The van der Waals surface area contributed by atoms with Gasteiger partial charge in [-0.1, -0.05) is 0 Å². The maximum absolute atomic E-state index is 12.2. The van der Waals surface area contributed by atoms with E-state index in [0.29, 0.717) is 11.3 Å². The van der Waals surface area contributed by atoms with Crippen molar-refractivity contribution in [1.82, 2.24) is 9.97 Å². The maximum atomic E-state index is 12.2. The molecule has 102 valence electrons. The summed E-state index contributed by atoms with van der Waals surface area (Å²) in [5, 5.41) is 12.7. The summed E-state index contributed by atoms with van der Waals surface area (Å²) < 4.78 is 0. The number of hydrogen-bond acceptors (Lipinski definition) is 3. The highest BCUT2D eigenvalue weighted by molar-refractivity contribution is 6.05. The largest absolute Gasteiger partial charge is 0.359 e. The Morgan fingerprint density at radius 3 is 2.95 bits per heavy atom. The van der Waals surface area contributed by atoms with E-state index in [0.717, 1.165) is 16.6 Å². The molecule has 2 N–H and O–H groups in total. The van der Waals surface area contributed by atoms with Crippen LogP contribution in [0.1, 0.15) is 21.7 Å². The minimum absolute atomic E-state index is 0.222. The van der Waals surface area contributed by atoms with Crippen LogP contribution in [-0.2, 0) is 0 Å². The smallest absolute Gasteiger partial charge is 0.255 e. The fourth-order valence-electron chi connectivity index (χ4n) is 2.19. The number of fused-ring (bicyclic) bond motifs is 1. The third-order valence-electron chi connectivity index (χ3n) is 3.15. The quantitative estimate of drug-likeness (QED) is 0.754. The molecule has 0 unspecified atom stereocenters. The van der Waals surface area contributed by atoms with Crippen LogP contribution in [0, 0.1) is 18.3 Å². The Balaban J connectivity index is 1.87. The number of aryl methyl sites for hydroxylation is 1. The van der Waals surface area contributed by atoms with Gasteiger partial charge in [-0.25, -0.2) is 4.98 Å². The zero-order chi connectivity index (χ0) is 14.8. The Kier molecular flexibility index (Phi) is 3.13. The first-order valence-electron chi connectivity index (χ1n) is 6.42. The van der Waals surface area contributed by atoms with Crippen molar-refractivity contribution in [3.63, 3.8) is 0 Å². The molecule has 5 heteroatoms. The Morgan fingerprint density at radius 2 is 2.14 bits per heavy atom. The van der Waals surface area contributed by atoms with Crippen LogP contribution in [0.4, 0.5) is 5.69 Å². The van der Waals surface area contributed by atoms with Gasteiger partial charge in [-0.2, -0.15) is 5.26 Å². The Labute approximate surface area is 121 Å². The molecule has 0 atom stereocenters. The zero-order valence-corrected chi connectivity index (χ0v) is 11.3. The number of H-pyrrole nitrogens is 1. The number of hydrogen-bond donors (Lipinski definition) is 2. The van der Waals surface area contributed by atoms with Crippen molar-refractivity contribution in [2.24, 2.45) is 0 Å². The topological polar surface area (TPSA) is 81.6 Å². The number of aromatic nitrogens is 2. The first-order chi connectivity index (χ1) is 10.2. The number of amides is 1. The van der Waals surface area contributed by atoms with E-state index >= 15 is 0 Å². The third kappa shape index (κ3) is 2.60. The molecule has 0 aliphatic carbocycles. The second-order valence-corrected chi connectivity index (χ2v) is 4.75. The molecule has 3 rings (SSSR count). The van der Waals surface area contributed by atoms with Crippen molar-refractivity contribution in [2.75, 3.05) is 5.32 Å². The van der Waals surface area contributed by atoms with E-state index in [9.17, 15) is 4.79 Å². The van der Waals surface area contributed by atoms with E-state index in [-0.39, 0.29) is 11.6 Å². The van der Waals surface area contributed by atoms with Crippen molar-refractivity contribution in [1.29, 1.82) is 5.26 Å². The lowest BCUT2D eigenvalue weighted by molar-refractivity contribution is 0.102. The second kappa shape index (κ2) is 5.10. The van der Waals surface area contributed by atoms with Crippen LogP contribution >= 0.6 is 0 Å². The number of nitrogens with zero attached hydrogens (tertiary/aromatic N) is 2. The molecular formula is C16H12N4O. The van der Waals surface area contributed by atoms with Gasteiger partial charge in [0.1, 0.15) is 11.8 Å². The second-order valence-electron chi connectivity index (χ2n) is 4.75. The van der Waals surface area contributed by atoms with Crippen LogP contribution < -0.4 is 5.32 Å². The van der Waals surface area contributed by atoms with Crippen molar-refractivity contribution < 1.29 is 4.79 Å². The fourth-order valence-corrected chi connectivity index (χ4v) is 2.19. The Bertz CT molecular complexity index is 873. The number of aromatic amines is 1. The summed E-state index contributed by atoms with van der Waals surface area (Å²) in [6.45, 7) is 1.98. The molecule has 2 heterocycles. The molecular weight excluding hydrogens is 264 g/mol. The first kappa shape index (κ1) is 12.9. The monoisotopic (exact) mass is 276 g/mol. The summed E-state index contributed by atoms with van der Waals surface area (Å²) in [6.07, 6.45) is 1.45. The van der Waals surface area contributed by atoms with Gasteiger partial charge in [0, 0.05) is 34.0 Å². The molecule has 0 bridgehead atoms. The molecule has 0 aliphatic rings. The van der Waals surface area contributed by atoms with E-state index in [1.807, 2.05) is 37.3 Å². The highest BCUT2D eigenvalue weighted by Crippen LogP contribution is 2.20. The molecule has 0 radical (unpaired) electrons. The third-order valence-corrected chi connectivity index (χ3v) is 3.15. The predicted molar refractivity (Wildman–Crippen MR) is 79.9 cm³/mol. The molecule has 1 amide bonds. The highest BCUT2D eigenvalue weighted by atomic mass is 16.1. The molecule has 1 aromatic carbocycles. The van der Waals surface area contributed by atoms with Crippen molar-refractivity contribution in [3.8, 4) is 6.07 Å². The summed E-state index contributed by atoms with van der Waals surface area (Å²) in [7, 11) is 0. The number of nitriles is 1. The highest BCUT2D eigenvalue weighted by Gasteiger charge is 2.08. The normalized spacial score (nSPS) is 10.3. The number of pyridine rings is 1. The van der Waals surface area contributed by atoms with Crippen molar-refractivity contribution >= 4 is 22.5 Å². The summed E-state index contributed by atoms with van der Waals surface area (Å²) in [6, 6.07) is 12.6. The van der Waals surface area contributed by atoms with E-state index < -0.39 is 0 Å². The number of carbonyl (C=O) groups excluding carboxylic acids is 1. The van der Waals surface area contributed by atoms with Gasteiger partial charge < -0.3 is 10.3 Å². The van der Waals surface area contributed by atoms with E-state index in [2.05, 4.69) is 15.3 Å². The van der Waals surface area contributed by atoms with Crippen LogP contribution in [0.3, 0.4) is 0 Å². The maximum Gasteiger partial charge on any atom is 0.255 e. The first-order valence-corrected chi connectivity index (χ1v) is 6.42. The van der Waals surface area contributed by atoms with Gasteiger partial charge in [0.25, 0.3) is 5.91 Å². The van der Waals surface area contributed by atoms with Gasteiger partial charge in [-0.15, -0.1) is 0 Å². The number of anilines is 1. The van der Waals surface area contributed by atoms with Crippen LogP contribution in [0.15, 0.2) is 42.6 Å². The molecule has 0 fully saturated rings. The molecule has 0 saturated carbocycles. The predicted octanol–water partition coefficient (Wildman–Crippen LogP) is 3.00. The average molecular weight is 276 g/mol. The Hall–Kier alpha value is -3.13. The summed E-state index contributed by atoms with van der Waals surface area (Å²) in [4.78, 5) is 19.2. The standard InChI is InChI=1S/C16H12N4O/c1-10-6-12-8-13(2-3-15(12)19-10)20-16(21)11-4-5-18-14(7-11)9-17/h2-8,19H,1H3,(H,20,21). The van der Waals surface area contributed by atoms with E-state index in [4.69, 9.17) is 5.26 Å². The van der Waals surface area contributed by atoms with Gasteiger partial charge in [-0.05, 0) is 43.3 Å². The summed E-state index contributed by atoms with van der Waals surface area (Å²) in [5.74, 6) is -0.263. The average Bonchev–Trinajstić information content (AvgIpc) is 2.86. The zero-order valence-electron chi connectivity index (χ0n) is 11.3. The van der Waals surface area contributed by atoms with Gasteiger partial charge in [0.05, 0.1) is 0 Å². The van der Waals surface area contributed by atoms with Crippen LogP contribution in [0.5, 0.6) is 0 Å². The lowest BCUT2D eigenvalue weighted by Crippen LogP contribution is -2.12. The van der Waals surface area contributed by atoms with Gasteiger partial charge >= 0.3 is 0 Å². The summed E-state index contributed by atoms with van der Waals surface area (Å²) in [5.41, 5.74) is 3.44. The molecule has 0 spiro atoms. The number of benzene rings is 1. The molecule has 21 heavy (non-hydrogen) atoms. The molecule has 0 aliphatic heterocycles. The van der Waals surface area contributed by atoms with Crippen molar-refractivity contribution in [2.45, 2.75) is 6.92 Å². The lowest BCUT2D eigenvalue weighted by atomic mass is 10.2. The van der Waals surface area contributed by atoms with Gasteiger partial charge in [0.2, 0.25) is 0 Å². The number of carbonyl (C=O) groups is 1. The van der Waals surface area contributed by atoms with Crippen LogP contribution in [0.25, 0.3) is 10.9 Å². The van der Waals surface area contributed by atoms with Crippen molar-refractivity contribution in [3.05, 3.63) is 59.5 Å². The minimum atomic E-state index is -0.263. The number of nitrogens with one attached hydrogen (secondary N) is 2. The Morgan fingerprint density at radius 1 is 1.29 bits per heavy atom. The van der Waals surface area contributed by atoms with E-state index in [1.165, 1.54) is 12.3 Å². The molecule has 5 nitrogen and oxygen atoms in total. The van der Waals surface area contributed by atoms with Crippen LogP contribution in [-0.4, -0.2) is 15.9 Å². The SMILES string of the molecule is Cc1cc2cc(NC(=O)c3ccnc(C#N)c3)ccc2[nH]1. The van der Waals surface area contributed by atoms with Crippen LogP contribution in [0.2, 0.25) is 0 Å². The molecule has 0 saturated heterocycles. The van der Waals surface area contributed by atoms with Gasteiger partial charge in [-0.3, -0.25) is 4.79 Å². The van der Waals surface area contributed by atoms with Gasteiger partial charge in [0.15, 0.2) is 0 Å². The minimum Gasteiger partial charge on any atom is -0.359 e. The number of rotatable bonds is 2. The molecule has 2 aromatic heterocycles. The fraction of sp³-hybridized carbons (Fsp3) is 0.0625. The summed E-state index contributed by atoms with van der Waals surface area (Å²) >= 11 is 0. The van der Waals surface area contributed by atoms with E-state index in [1.54, 1.807) is 6.07 Å². The molecule has 3 aromatic rings. The lowest BCUT2D eigenvalue weighted by Gasteiger charge is -2.05.